The lowest BCUT2D eigenvalue weighted by Gasteiger charge is -2.30. The third-order valence-electron chi connectivity index (χ3n) is 2.13. The lowest BCUT2D eigenvalue weighted by molar-refractivity contribution is -0.187. The van der Waals surface area contributed by atoms with E-state index < -0.39 is 36.7 Å². The van der Waals surface area contributed by atoms with Gasteiger partial charge in [-0.05, 0) is 6.92 Å². The molecule has 0 radical (unpaired) electrons. The van der Waals surface area contributed by atoms with Gasteiger partial charge in [-0.1, -0.05) is 6.08 Å². The lowest BCUT2D eigenvalue weighted by atomic mass is 10.1. The molecule has 1 unspecified atom stereocenters. The number of carboxylic acid groups (broad SMARTS) is 1. The summed E-state index contributed by atoms with van der Waals surface area (Å²) in [5.41, 5.74) is 5.18. The van der Waals surface area contributed by atoms with Crippen LogP contribution in [0, 0.1) is 0 Å². The van der Waals surface area contributed by atoms with Gasteiger partial charge in [-0.3, -0.25) is 9.59 Å². The van der Waals surface area contributed by atoms with Gasteiger partial charge in [0, 0.05) is 6.54 Å². The molecular formula is C9H14ClF3N2O3. The molecule has 0 heterocycles. The van der Waals surface area contributed by atoms with Crippen molar-refractivity contribution in [1.82, 2.24) is 4.90 Å². The number of hydrogen-bond acceptors (Lipinski definition) is 3. The molecule has 0 spiro atoms. The Kier molecular flexibility index (Phi) is 7.65. The van der Waals surface area contributed by atoms with Gasteiger partial charge in [0.2, 0.25) is 0 Å². The highest BCUT2D eigenvalue weighted by atomic mass is 35.5. The molecule has 9 heteroatoms. The van der Waals surface area contributed by atoms with E-state index in [1.807, 2.05) is 0 Å². The molecule has 0 fully saturated rings. The quantitative estimate of drug-likeness (QED) is 0.733. The molecule has 0 rings (SSSR count). The molecule has 5 nitrogen and oxygen atoms in total. The fourth-order valence-corrected chi connectivity index (χ4v) is 1.14. The smallest absolute Gasteiger partial charge is 0.471 e. The molecule has 0 aliphatic heterocycles. The number of carboxylic acids is 1. The fraction of sp³-hybridized carbons (Fsp3) is 0.556. The van der Waals surface area contributed by atoms with E-state index in [4.69, 9.17) is 10.8 Å². The Labute approximate surface area is 108 Å². The van der Waals surface area contributed by atoms with Crippen molar-refractivity contribution < 1.29 is 27.9 Å². The number of alkyl halides is 3. The number of aliphatic carboxylic acids is 1. The zero-order valence-corrected chi connectivity index (χ0v) is 10.3. The second kappa shape index (κ2) is 7.22. The number of rotatable bonds is 5. The molecule has 0 saturated carbocycles. The minimum Gasteiger partial charge on any atom is -0.480 e. The molecule has 18 heavy (non-hydrogen) atoms. The maximum absolute atomic E-state index is 12.2. The third-order valence-corrected chi connectivity index (χ3v) is 2.13. The summed E-state index contributed by atoms with van der Waals surface area (Å²) >= 11 is 0. The summed E-state index contributed by atoms with van der Waals surface area (Å²) in [5.74, 6) is -3.62. The van der Waals surface area contributed by atoms with E-state index in [1.165, 1.54) is 0 Å². The summed E-state index contributed by atoms with van der Waals surface area (Å²) in [6, 6.07) is -2.89. The van der Waals surface area contributed by atoms with Crippen LogP contribution in [0.3, 0.4) is 0 Å². The number of carbonyl (C=O) groups excluding carboxylic acids is 1. The number of nitrogens with zero attached hydrogens (tertiary/aromatic N) is 1. The minimum atomic E-state index is -5.07. The Morgan fingerprint density at radius 1 is 1.50 bits per heavy atom. The van der Waals surface area contributed by atoms with E-state index in [0.717, 1.165) is 13.0 Å². The van der Waals surface area contributed by atoms with Crippen molar-refractivity contribution in [2.75, 3.05) is 6.54 Å². The molecular weight excluding hydrogens is 277 g/mol. The second-order valence-corrected chi connectivity index (χ2v) is 3.35. The van der Waals surface area contributed by atoms with Gasteiger partial charge in [-0.25, -0.2) is 0 Å². The summed E-state index contributed by atoms with van der Waals surface area (Å²) in [6.45, 7) is 3.90. The van der Waals surface area contributed by atoms with E-state index >= 15 is 0 Å². The van der Waals surface area contributed by atoms with Gasteiger partial charge in [0.1, 0.15) is 6.04 Å². The first-order valence-corrected chi connectivity index (χ1v) is 4.60. The van der Waals surface area contributed by atoms with Crippen molar-refractivity contribution >= 4 is 24.3 Å². The van der Waals surface area contributed by atoms with Crippen LogP contribution < -0.4 is 5.73 Å². The highest BCUT2D eigenvalue weighted by Crippen LogP contribution is 2.20. The van der Waals surface area contributed by atoms with Crippen LogP contribution in [-0.4, -0.2) is 46.7 Å². The predicted molar refractivity (Wildman–Crippen MR) is 60.3 cm³/mol. The molecule has 0 aromatic carbocycles. The average Bonchev–Trinajstić information content (AvgIpc) is 2.21. The Bertz CT molecular complexity index is 323. The zero-order valence-electron chi connectivity index (χ0n) is 9.48. The van der Waals surface area contributed by atoms with Crippen LogP contribution in [0.2, 0.25) is 0 Å². The molecule has 0 bridgehead atoms. The monoisotopic (exact) mass is 290 g/mol. The first kappa shape index (κ1) is 19.1. The van der Waals surface area contributed by atoms with Crippen molar-refractivity contribution in [3.8, 4) is 0 Å². The second-order valence-electron chi connectivity index (χ2n) is 3.35. The van der Waals surface area contributed by atoms with Crippen molar-refractivity contribution in [3.05, 3.63) is 12.7 Å². The molecule has 0 saturated heterocycles. The van der Waals surface area contributed by atoms with Crippen LogP contribution in [0.15, 0.2) is 12.7 Å². The van der Waals surface area contributed by atoms with Gasteiger partial charge in [0.25, 0.3) is 0 Å². The van der Waals surface area contributed by atoms with Gasteiger partial charge in [0.15, 0.2) is 0 Å². The minimum absolute atomic E-state index is 0. The summed E-state index contributed by atoms with van der Waals surface area (Å²) in [6.07, 6.45) is -4.01. The maximum atomic E-state index is 12.2. The first-order chi connectivity index (χ1) is 7.62. The van der Waals surface area contributed by atoms with Crippen LogP contribution in [0.4, 0.5) is 13.2 Å². The van der Waals surface area contributed by atoms with E-state index in [0.29, 0.717) is 4.90 Å². The topological polar surface area (TPSA) is 83.6 Å². The van der Waals surface area contributed by atoms with E-state index in [2.05, 4.69) is 6.58 Å². The van der Waals surface area contributed by atoms with E-state index in [-0.39, 0.29) is 12.4 Å². The van der Waals surface area contributed by atoms with Gasteiger partial charge in [-0.2, -0.15) is 13.2 Å². The number of halogens is 4. The Balaban J connectivity index is 0. The van der Waals surface area contributed by atoms with Crippen LogP contribution in [0.5, 0.6) is 0 Å². The van der Waals surface area contributed by atoms with E-state index in [9.17, 15) is 22.8 Å². The summed E-state index contributed by atoms with van der Waals surface area (Å²) < 4.78 is 36.7. The van der Waals surface area contributed by atoms with Crippen LogP contribution in [0.25, 0.3) is 0 Å². The summed E-state index contributed by atoms with van der Waals surface area (Å²) in [4.78, 5) is 21.9. The number of carbonyl (C=O) groups is 2. The standard InChI is InChI=1S/C9H13F3N2O3.ClH/c1-3-4-14(8(17)9(10,11)12)5(2)6(13)7(15)16;/h3,5-6H,1,4,13H2,2H3,(H,15,16);1H/t5?,6-;/m0./s1. The van der Waals surface area contributed by atoms with Gasteiger partial charge in [0.05, 0.1) is 6.04 Å². The number of amides is 1. The van der Waals surface area contributed by atoms with Gasteiger partial charge < -0.3 is 15.7 Å². The van der Waals surface area contributed by atoms with Crippen molar-refractivity contribution in [2.24, 2.45) is 5.73 Å². The Morgan fingerprint density at radius 2 is 1.94 bits per heavy atom. The maximum Gasteiger partial charge on any atom is 0.471 e. The molecule has 2 atom stereocenters. The summed E-state index contributed by atoms with van der Waals surface area (Å²) in [5, 5.41) is 8.58. The zero-order chi connectivity index (χ0) is 13.8. The van der Waals surface area contributed by atoms with Crippen LogP contribution >= 0.6 is 12.4 Å². The van der Waals surface area contributed by atoms with E-state index in [1.54, 1.807) is 0 Å². The largest absolute Gasteiger partial charge is 0.480 e. The van der Waals surface area contributed by atoms with Crippen LogP contribution in [0.1, 0.15) is 6.92 Å². The molecule has 0 aliphatic carbocycles. The molecule has 1 amide bonds. The Morgan fingerprint density at radius 3 is 2.22 bits per heavy atom. The molecule has 0 aromatic heterocycles. The fourth-order valence-electron chi connectivity index (χ4n) is 1.14. The average molecular weight is 291 g/mol. The molecule has 106 valence electrons. The third kappa shape index (κ3) is 4.92. The lowest BCUT2D eigenvalue weighted by Crippen LogP contribution is -2.55. The van der Waals surface area contributed by atoms with Crippen molar-refractivity contribution in [2.45, 2.75) is 25.2 Å². The van der Waals surface area contributed by atoms with Crippen molar-refractivity contribution in [3.63, 3.8) is 0 Å². The van der Waals surface area contributed by atoms with Gasteiger partial charge in [-0.15, -0.1) is 19.0 Å². The predicted octanol–water partition coefficient (Wildman–Crippen LogP) is 0.786. The number of nitrogens with two attached hydrogens (primary N) is 1. The molecule has 0 aliphatic rings. The molecule has 3 N–H and O–H groups in total. The Hall–Kier alpha value is -1.28. The first-order valence-electron chi connectivity index (χ1n) is 4.60. The number of hydrogen-bond donors (Lipinski definition) is 2. The highest BCUT2D eigenvalue weighted by molar-refractivity contribution is 5.85. The molecule has 0 aromatic rings. The van der Waals surface area contributed by atoms with Crippen molar-refractivity contribution in [1.29, 1.82) is 0 Å². The SMILES string of the molecule is C=CCN(C(=O)C(F)(F)F)C(C)[C@H](N)C(=O)O.Cl. The highest BCUT2D eigenvalue weighted by Gasteiger charge is 2.45. The van der Waals surface area contributed by atoms with Crippen LogP contribution in [-0.2, 0) is 9.59 Å². The van der Waals surface area contributed by atoms with Gasteiger partial charge >= 0.3 is 18.1 Å². The normalized spacial score (nSPS) is 14.1. The summed E-state index contributed by atoms with van der Waals surface area (Å²) in [7, 11) is 0.